The van der Waals surface area contributed by atoms with Gasteiger partial charge in [0.2, 0.25) is 17.7 Å². The van der Waals surface area contributed by atoms with Crippen molar-refractivity contribution >= 4 is 41.4 Å². The van der Waals surface area contributed by atoms with Crippen LogP contribution in [-0.4, -0.2) is 87.0 Å². The van der Waals surface area contributed by atoms with Gasteiger partial charge in [-0.25, -0.2) is 14.6 Å². The highest BCUT2D eigenvalue weighted by atomic mass is 16.6. The minimum Gasteiger partial charge on any atom is -0.465 e. The number of nitrogens with one attached hydrogen (secondary N) is 2. The van der Waals surface area contributed by atoms with Crippen LogP contribution in [0.2, 0.25) is 0 Å². The molecule has 0 radical (unpaired) electrons. The molecule has 3 aliphatic rings. The third-order valence-corrected chi connectivity index (χ3v) is 10.3. The molecule has 1 aromatic heterocycles. The molecule has 13 heteroatoms. The van der Waals surface area contributed by atoms with Gasteiger partial charge in [-0.1, -0.05) is 43.3 Å². The first-order valence-electron chi connectivity index (χ1n) is 17.5. The molecular formula is C39H46N6O7. The number of aromatic nitrogens is 1. The number of benzene rings is 2. The van der Waals surface area contributed by atoms with Gasteiger partial charge in [0, 0.05) is 56.1 Å². The first-order chi connectivity index (χ1) is 24.6. The predicted octanol–water partition coefficient (Wildman–Crippen LogP) is 5.18. The van der Waals surface area contributed by atoms with Crippen LogP contribution >= 0.6 is 0 Å². The Labute approximate surface area is 303 Å². The van der Waals surface area contributed by atoms with Gasteiger partial charge in [-0.15, -0.1) is 0 Å². The van der Waals surface area contributed by atoms with Crippen LogP contribution in [-0.2, 0) is 50.5 Å². The molecule has 13 nitrogen and oxygen atoms in total. The normalized spacial score (nSPS) is 18.6. The average Bonchev–Trinajstić information content (AvgIpc) is 3.60. The molecule has 1 atom stereocenters. The summed E-state index contributed by atoms with van der Waals surface area (Å²) < 4.78 is 5.54. The number of rotatable bonds is 8. The molecule has 0 saturated carbocycles. The minimum absolute atomic E-state index is 0.0857. The lowest BCUT2D eigenvalue weighted by Gasteiger charge is -2.40. The molecule has 1 fully saturated rings. The summed E-state index contributed by atoms with van der Waals surface area (Å²) >= 11 is 0. The Hall–Kier alpha value is -5.46. The van der Waals surface area contributed by atoms with Gasteiger partial charge in [0.05, 0.1) is 5.41 Å². The predicted molar refractivity (Wildman–Crippen MR) is 194 cm³/mol. The van der Waals surface area contributed by atoms with E-state index >= 15 is 0 Å². The molecule has 5 amide bonds. The largest absolute Gasteiger partial charge is 0.465 e. The van der Waals surface area contributed by atoms with Crippen molar-refractivity contribution in [1.82, 2.24) is 19.7 Å². The van der Waals surface area contributed by atoms with E-state index in [0.717, 1.165) is 27.8 Å². The third kappa shape index (κ3) is 7.44. The number of fused-ring (bicyclic) bond motifs is 3. The molecule has 1 unspecified atom stereocenters. The Kier molecular flexibility index (Phi) is 9.73. The van der Waals surface area contributed by atoms with Crippen LogP contribution in [0, 0.1) is 5.41 Å². The fourth-order valence-corrected chi connectivity index (χ4v) is 7.44. The van der Waals surface area contributed by atoms with E-state index in [1.54, 1.807) is 34.0 Å². The molecule has 3 N–H and O–H groups in total. The Morgan fingerprint density at radius 1 is 0.981 bits per heavy atom. The van der Waals surface area contributed by atoms with Gasteiger partial charge < -0.3 is 35.2 Å². The molecule has 1 saturated heterocycles. The van der Waals surface area contributed by atoms with Gasteiger partial charge in [0.1, 0.15) is 18.0 Å². The number of carbonyl (C=O) groups is 5. The number of likely N-dealkylation sites (tertiary alicyclic amines) is 1. The van der Waals surface area contributed by atoms with Gasteiger partial charge in [0.15, 0.2) is 0 Å². The lowest BCUT2D eigenvalue weighted by molar-refractivity contribution is -0.146. The number of hydrogen-bond donors (Lipinski definition) is 3. The molecular weight excluding hydrogens is 664 g/mol. The summed E-state index contributed by atoms with van der Waals surface area (Å²) in [4.78, 5) is 74.3. The number of anilines is 2. The molecule has 274 valence electrons. The van der Waals surface area contributed by atoms with Gasteiger partial charge in [-0.3, -0.25) is 14.4 Å². The second-order valence-electron chi connectivity index (χ2n) is 15.4. The highest BCUT2D eigenvalue weighted by molar-refractivity contribution is 6.06. The van der Waals surface area contributed by atoms with Crippen LogP contribution < -0.4 is 10.6 Å². The lowest BCUT2D eigenvalue weighted by Crippen LogP contribution is -2.51. The zero-order chi connectivity index (χ0) is 37.4. The van der Waals surface area contributed by atoms with Gasteiger partial charge in [0.25, 0.3) is 0 Å². The van der Waals surface area contributed by atoms with Crippen molar-refractivity contribution in [2.45, 2.75) is 77.5 Å². The number of carbonyl (C=O) groups excluding carboxylic acids is 4. The van der Waals surface area contributed by atoms with Gasteiger partial charge >= 0.3 is 12.2 Å². The number of pyridine rings is 1. The van der Waals surface area contributed by atoms with E-state index in [2.05, 4.69) is 15.6 Å². The van der Waals surface area contributed by atoms with Crippen molar-refractivity contribution in [3.8, 4) is 0 Å². The molecule has 6 rings (SSSR count). The van der Waals surface area contributed by atoms with Gasteiger partial charge in [-0.05, 0) is 86.9 Å². The zero-order valence-electron chi connectivity index (χ0n) is 30.3. The quantitative estimate of drug-likeness (QED) is 0.288. The van der Waals surface area contributed by atoms with Crippen molar-refractivity contribution in [2.75, 3.05) is 37.3 Å². The maximum Gasteiger partial charge on any atom is 0.410 e. The monoisotopic (exact) mass is 710 g/mol. The van der Waals surface area contributed by atoms with Crippen LogP contribution in [0.4, 0.5) is 21.1 Å². The molecule has 3 heterocycles. The maximum atomic E-state index is 14.4. The SMILES string of the molecule is CN(Cc1ccccc1CN(CC(=O)Nc1ccc2c(c1)CC1(C2)C(=O)Nc2ncccc21)C(=O)C1(C)CCN(C(=O)O)CC1)C(=O)OC(C)(C)C. The summed E-state index contributed by atoms with van der Waals surface area (Å²) in [6.07, 6.45) is 1.79. The van der Waals surface area contributed by atoms with Crippen molar-refractivity contribution in [2.24, 2.45) is 5.41 Å². The van der Waals surface area contributed by atoms with E-state index in [1.807, 2.05) is 61.5 Å². The molecule has 1 spiro atoms. The first-order valence-corrected chi connectivity index (χ1v) is 17.5. The summed E-state index contributed by atoms with van der Waals surface area (Å²) in [5, 5.41) is 15.4. The summed E-state index contributed by atoms with van der Waals surface area (Å²) in [5.74, 6) is -0.154. The van der Waals surface area contributed by atoms with Crippen molar-refractivity contribution < 1.29 is 33.8 Å². The van der Waals surface area contributed by atoms with E-state index < -0.39 is 34.5 Å². The second-order valence-corrected chi connectivity index (χ2v) is 15.4. The van der Waals surface area contributed by atoms with E-state index in [0.29, 0.717) is 37.2 Å². The Morgan fingerprint density at radius 3 is 2.33 bits per heavy atom. The number of ether oxygens (including phenoxy) is 1. The first kappa shape index (κ1) is 36.3. The summed E-state index contributed by atoms with van der Waals surface area (Å²) in [7, 11) is 1.64. The van der Waals surface area contributed by atoms with E-state index in [9.17, 15) is 29.1 Å². The molecule has 52 heavy (non-hydrogen) atoms. The zero-order valence-corrected chi connectivity index (χ0v) is 30.3. The Bertz CT molecular complexity index is 1910. The maximum absolute atomic E-state index is 14.4. The van der Waals surface area contributed by atoms with Crippen molar-refractivity contribution in [3.63, 3.8) is 0 Å². The summed E-state index contributed by atoms with van der Waals surface area (Å²) in [6.45, 7) is 7.71. The summed E-state index contributed by atoms with van der Waals surface area (Å²) in [6, 6.07) is 16.8. The third-order valence-electron chi connectivity index (χ3n) is 10.3. The standard InChI is InChI=1S/C39H46N6O7/c1-37(2,3)52-36(51)43(5)22-26-9-6-7-10-27(26)23-45(34(48)38(4)14-17-44(18-15-38)35(49)50)24-31(46)41-29-13-12-25-20-39(21-28(25)19-29)30-11-8-16-40-32(30)42-33(39)47/h6-13,16,19H,14-15,17-18,20-24H2,1-5H3,(H,41,46)(H,49,50)(H,40,42,47). The number of carboxylic acid groups (broad SMARTS) is 1. The van der Waals surface area contributed by atoms with Crippen LogP contribution in [0.5, 0.6) is 0 Å². The Morgan fingerprint density at radius 2 is 1.65 bits per heavy atom. The number of amides is 5. The van der Waals surface area contributed by atoms with Crippen LogP contribution in [0.25, 0.3) is 0 Å². The van der Waals surface area contributed by atoms with Crippen LogP contribution in [0.1, 0.15) is 68.4 Å². The van der Waals surface area contributed by atoms with E-state index in [4.69, 9.17) is 4.74 Å². The fraction of sp³-hybridized carbons (Fsp3) is 0.436. The Balaban J connectivity index is 1.21. The van der Waals surface area contributed by atoms with Crippen LogP contribution in [0.15, 0.2) is 60.8 Å². The molecule has 2 aliphatic heterocycles. The topological polar surface area (TPSA) is 161 Å². The minimum atomic E-state index is -1.02. The number of hydrogen-bond acceptors (Lipinski definition) is 7. The lowest BCUT2D eigenvalue weighted by atomic mass is 9.79. The fourth-order valence-electron chi connectivity index (χ4n) is 7.44. The second kappa shape index (κ2) is 13.9. The average molecular weight is 711 g/mol. The summed E-state index contributed by atoms with van der Waals surface area (Å²) in [5.41, 5.74) is 2.67. The van der Waals surface area contributed by atoms with Gasteiger partial charge in [-0.2, -0.15) is 0 Å². The number of piperidine rings is 1. The smallest absolute Gasteiger partial charge is 0.410 e. The molecule has 3 aromatic rings. The van der Waals surface area contributed by atoms with Crippen molar-refractivity contribution in [1.29, 1.82) is 0 Å². The highest BCUT2D eigenvalue weighted by Crippen LogP contribution is 2.47. The van der Waals surface area contributed by atoms with Crippen LogP contribution in [0.3, 0.4) is 0 Å². The molecule has 0 bridgehead atoms. The highest BCUT2D eigenvalue weighted by Gasteiger charge is 2.51. The molecule has 1 aliphatic carbocycles. The van der Waals surface area contributed by atoms with E-state index in [1.165, 1.54) is 14.7 Å². The van der Waals surface area contributed by atoms with E-state index in [-0.39, 0.29) is 44.5 Å². The molecule has 2 aromatic carbocycles. The van der Waals surface area contributed by atoms with Crippen molar-refractivity contribution in [3.05, 3.63) is 88.6 Å². The number of nitrogens with zero attached hydrogens (tertiary/aromatic N) is 4.